The summed E-state index contributed by atoms with van der Waals surface area (Å²) in [5, 5.41) is 9.80. The van der Waals surface area contributed by atoms with Gasteiger partial charge in [0.25, 0.3) is 0 Å². The molecule has 0 spiro atoms. The molecule has 3 heteroatoms. The standard InChI is InChI=1S/C15H22O3/c1-2-3-4-12-5-7-13(8-6-12)18-15-11-17-10-9-14(15)16/h5-8,14-16H,2-4,9-11H2,1H3. The first kappa shape index (κ1) is 13.4. The van der Waals surface area contributed by atoms with Crippen LogP contribution in [0.5, 0.6) is 5.75 Å². The predicted molar refractivity (Wildman–Crippen MR) is 70.9 cm³/mol. The van der Waals surface area contributed by atoms with Gasteiger partial charge in [0.15, 0.2) is 0 Å². The van der Waals surface area contributed by atoms with Crippen molar-refractivity contribution in [3.8, 4) is 5.75 Å². The Morgan fingerprint density at radius 1 is 1.33 bits per heavy atom. The van der Waals surface area contributed by atoms with E-state index in [1.54, 1.807) is 0 Å². The number of benzene rings is 1. The minimum atomic E-state index is -0.418. The SMILES string of the molecule is CCCCc1ccc(OC2COCCC2O)cc1. The Kier molecular flexibility index (Phi) is 5.02. The van der Waals surface area contributed by atoms with E-state index in [0.29, 0.717) is 19.6 Å². The summed E-state index contributed by atoms with van der Waals surface area (Å²) in [5.74, 6) is 0.810. The minimum Gasteiger partial charge on any atom is -0.485 e. The molecule has 3 nitrogen and oxygen atoms in total. The summed E-state index contributed by atoms with van der Waals surface area (Å²) < 4.78 is 11.1. The summed E-state index contributed by atoms with van der Waals surface area (Å²) in [7, 11) is 0. The van der Waals surface area contributed by atoms with Gasteiger partial charge in [-0.05, 0) is 30.5 Å². The zero-order valence-electron chi connectivity index (χ0n) is 11.0. The Bertz CT molecular complexity index is 347. The smallest absolute Gasteiger partial charge is 0.148 e. The van der Waals surface area contributed by atoms with Crippen LogP contribution in [0.15, 0.2) is 24.3 Å². The van der Waals surface area contributed by atoms with Crippen LogP contribution >= 0.6 is 0 Å². The lowest BCUT2D eigenvalue weighted by Gasteiger charge is -2.28. The largest absolute Gasteiger partial charge is 0.485 e. The first-order chi connectivity index (χ1) is 8.79. The molecule has 1 aromatic rings. The van der Waals surface area contributed by atoms with Crippen LogP contribution in [0.25, 0.3) is 0 Å². The normalized spacial score (nSPS) is 23.9. The molecule has 1 fully saturated rings. The predicted octanol–water partition coefficient (Wildman–Crippen LogP) is 2.56. The summed E-state index contributed by atoms with van der Waals surface area (Å²) in [6.07, 6.45) is 3.54. The lowest BCUT2D eigenvalue weighted by atomic mass is 10.1. The Morgan fingerprint density at radius 2 is 2.11 bits per heavy atom. The summed E-state index contributed by atoms with van der Waals surface area (Å²) in [6.45, 7) is 3.29. The van der Waals surface area contributed by atoms with Gasteiger partial charge in [-0.2, -0.15) is 0 Å². The van der Waals surface area contributed by atoms with Gasteiger partial charge in [-0.3, -0.25) is 0 Å². The van der Waals surface area contributed by atoms with Crippen molar-refractivity contribution in [2.45, 2.75) is 44.8 Å². The Balaban J connectivity index is 1.89. The maximum atomic E-state index is 9.80. The lowest BCUT2D eigenvalue weighted by molar-refractivity contribution is -0.0735. The number of hydrogen-bond donors (Lipinski definition) is 1. The summed E-state index contributed by atoms with van der Waals surface area (Å²) >= 11 is 0. The quantitative estimate of drug-likeness (QED) is 0.873. The molecule has 1 N–H and O–H groups in total. The van der Waals surface area contributed by atoms with Crippen molar-refractivity contribution in [1.29, 1.82) is 0 Å². The van der Waals surface area contributed by atoms with E-state index < -0.39 is 6.10 Å². The number of aliphatic hydroxyl groups excluding tert-OH is 1. The van der Waals surface area contributed by atoms with Gasteiger partial charge in [0, 0.05) is 13.0 Å². The van der Waals surface area contributed by atoms with E-state index in [9.17, 15) is 5.11 Å². The molecular formula is C15H22O3. The van der Waals surface area contributed by atoms with Crippen molar-refractivity contribution in [1.82, 2.24) is 0 Å². The molecule has 0 saturated carbocycles. The van der Waals surface area contributed by atoms with E-state index >= 15 is 0 Å². The number of hydrogen-bond acceptors (Lipinski definition) is 3. The van der Waals surface area contributed by atoms with Crippen LogP contribution in [0.2, 0.25) is 0 Å². The zero-order valence-corrected chi connectivity index (χ0v) is 11.0. The first-order valence-electron chi connectivity index (χ1n) is 6.81. The average molecular weight is 250 g/mol. The van der Waals surface area contributed by atoms with E-state index in [1.165, 1.54) is 18.4 Å². The molecule has 0 bridgehead atoms. The van der Waals surface area contributed by atoms with Crippen LogP contribution in [0.1, 0.15) is 31.7 Å². The number of unbranched alkanes of at least 4 members (excludes halogenated alkanes) is 1. The van der Waals surface area contributed by atoms with Crippen LogP contribution < -0.4 is 4.74 Å². The topological polar surface area (TPSA) is 38.7 Å². The fraction of sp³-hybridized carbons (Fsp3) is 0.600. The molecule has 100 valence electrons. The second-order valence-corrected chi connectivity index (χ2v) is 4.83. The molecule has 1 saturated heterocycles. The molecule has 18 heavy (non-hydrogen) atoms. The fourth-order valence-electron chi connectivity index (χ4n) is 2.10. The van der Waals surface area contributed by atoms with Gasteiger partial charge in [-0.1, -0.05) is 25.5 Å². The van der Waals surface area contributed by atoms with Gasteiger partial charge in [0.05, 0.1) is 12.7 Å². The Morgan fingerprint density at radius 3 is 2.78 bits per heavy atom. The van der Waals surface area contributed by atoms with Crippen molar-refractivity contribution in [3.63, 3.8) is 0 Å². The molecule has 1 aromatic carbocycles. The van der Waals surface area contributed by atoms with Crippen molar-refractivity contribution in [2.24, 2.45) is 0 Å². The van der Waals surface area contributed by atoms with E-state index in [0.717, 1.165) is 12.2 Å². The highest BCUT2D eigenvalue weighted by Gasteiger charge is 2.25. The Labute approximate surface area is 109 Å². The van der Waals surface area contributed by atoms with E-state index in [-0.39, 0.29) is 6.10 Å². The van der Waals surface area contributed by atoms with Gasteiger partial charge >= 0.3 is 0 Å². The second-order valence-electron chi connectivity index (χ2n) is 4.83. The molecule has 0 radical (unpaired) electrons. The van der Waals surface area contributed by atoms with Gasteiger partial charge in [-0.25, -0.2) is 0 Å². The average Bonchev–Trinajstić information content (AvgIpc) is 2.41. The van der Waals surface area contributed by atoms with Crippen LogP contribution in [0.3, 0.4) is 0 Å². The summed E-state index contributed by atoms with van der Waals surface area (Å²) in [6, 6.07) is 8.15. The molecule has 0 aliphatic carbocycles. The monoisotopic (exact) mass is 250 g/mol. The van der Waals surface area contributed by atoms with Crippen molar-refractivity contribution >= 4 is 0 Å². The van der Waals surface area contributed by atoms with Crippen molar-refractivity contribution < 1.29 is 14.6 Å². The minimum absolute atomic E-state index is 0.236. The molecule has 1 aliphatic heterocycles. The molecular weight excluding hydrogens is 228 g/mol. The van der Waals surface area contributed by atoms with E-state index in [1.807, 2.05) is 12.1 Å². The van der Waals surface area contributed by atoms with Gasteiger partial charge in [0.2, 0.25) is 0 Å². The van der Waals surface area contributed by atoms with E-state index in [2.05, 4.69) is 19.1 Å². The van der Waals surface area contributed by atoms with Crippen molar-refractivity contribution in [3.05, 3.63) is 29.8 Å². The van der Waals surface area contributed by atoms with Gasteiger partial charge < -0.3 is 14.6 Å². The molecule has 2 unspecified atom stereocenters. The summed E-state index contributed by atoms with van der Waals surface area (Å²) in [5.41, 5.74) is 1.34. The molecule has 2 rings (SSSR count). The van der Waals surface area contributed by atoms with Gasteiger partial charge in [0.1, 0.15) is 11.9 Å². The molecule has 1 aliphatic rings. The third kappa shape index (κ3) is 3.72. The molecule has 1 heterocycles. The Hall–Kier alpha value is -1.06. The second kappa shape index (κ2) is 6.76. The third-order valence-corrected chi connectivity index (χ3v) is 3.30. The lowest BCUT2D eigenvalue weighted by Crippen LogP contribution is -2.40. The van der Waals surface area contributed by atoms with Crippen LogP contribution in [0.4, 0.5) is 0 Å². The van der Waals surface area contributed by atoms with Crippen LogP contribution in [-0.2, 0) is 11.2 Å². The van der Waals surface area contributed by atoms with Gasteiger partial charge in [-0.15, -0.1) is 0 Å². The fourth-order valence-corrected chi connectivity index (χ4v) is 2.10. The first-order valence-corrected chi connectivity index (χ1v) is 6.81. The molecule has 0 aromatic heterocycles. The maximum absolute atomic E-state index is 9.80. The number of aryl methyl sites for hydroxylation is 1. The highest BCUT2D eigenvalue weighted by atomic mass is 16.5. The maximum Gasteiger partial charge on any atom is 0.148 e. The van der Waals surface area contributed by atoms with Crippen molar-refractivity contribution in [2.75, 3.05) is 13.2 Å². The highest BCUT2D eigenvalue weighted by molar-refractivity contribution is 5.27. The third-order valence-electron chi connectivity index (χ3n) is 3.30. The number of rotatable bonds is 5. The number of aliphatic hydroxyl groups is 1. The highest BCUT2D eigenvalue weighted by Crippen LogP contribution is 2.19. The zero-order chi connectivity index (χ0) is 12.8. The van der Waals surface area contributed by atoms with Crippen LogP contribution in [0, 0.1) is 0 Å². The molecule has 2 atom stereocenters. The summed E-state index contributed by atoms with van der Waals surface area (Å²) in [4.78, 5) is 0. The van der Waals surface area contributed by atoms with E-state index in [4.69, 9.17) is 9.47 Å². The van der Waals surface area contributed by atoms with Crippen LogP contribution in [-0.4, -0.2) is 30.5 Å². The molecule has 0 amide bonds. The number of ether oxygens (including phenoxy) is 2.